The lowest BCUT2D eigenvalue weighted by atomic mass is 10.1. The van der Waals surface area contributed by atoms with E-state index >= 15 is 0 Å². The lowest BCUT2D eigenvalue weighted by Crippen LogP contribution is -2.52. The van der Waals surface area contributed by atoms with Gasteiger partial charge in [-0.2, -0.15) is 0 Å². The van der Waals surface area contributed by atoms with Crippen molar-refractivity contribution in [3.63, 3.8) is 0 Å². The fourth-order valence-corrected chi connectivity index (χ4v) is 2.58. The summed E-state index contributed by atoms with van der Waals surface area (Å²) in [4.78, 5) is 15.9. The molecule has 2 rings (SSSR count). The Morgan fingerprint density at radius 1 is 1.28 bits per heavy atom. The van der Waals surface area contributed by atoms with Crippen LogP contribution in [0.2, 0.25) is 0 Å². The van der Waals surface area contributed by atoms with Crippen molar-refractivity contribution in [3.05, 3.63) is 35.9 Å². The van der Waals surface area contributed by atoms with Gasteiger partial charge in [0.25, 0.3) is 0 Å². The molecule has 1 aliphatic rings. The highest BCUT2D eigenvalue weighted by atomic mass is 16.1. The average Bonchev–Trinajstić information content (AvgIpc) is 2.33. The Morgan fingerprint density at radius 2 is 2.00 bits per heavy atom. The van der Waals surface area contributed by atoms with E-state index in [1.807, 2.05) is 0 Å². The van der Waals surface area contributed by atoms with Crippen molar-refractivity contribution in [2.45, 2.75) is 26.4 Å². The fraction of sp³-hybridized carbons (Fsp3) is 0.533. The van der Waals surface area contributed by atoms with Crippen molar-refractivity contribution in [3.8, 4) is 0 Å². The summed E-state index contributed by atoms with van der Waals surface area (Å²) in [6.45, 7) is 8.56. The average molecular weight is 246 g/mol. The van der Waals surface area contributed by atoms with Gasteiger partial charge < -0.3 is 0 Å². The summed E-state index contributed by atoms with van der Waals surface area (Å²) < 4.78 is 0. The molecular weight excluding hydrogens is 224 g/mol. The first-order valence-electron chi connectivity index (χ1n) is 6.65. The van der Waals surface area contributed by atoms with Crippen LogP contribution in [0.15, 0.2) is 30.3 Å². The molecular formula is C15H22N2O. The number of rotatable bonds is 4. The molecule has 98 valence electrons. The molecule has 0 saturated carbocycles. The van der Waals surface area contributed by atoms with Crippen LogP contribution in [-0.2, 0) is 11.3 Å². The predicted octanol–water partition coefficient (Wildman–Crippen LogP) is 1.78. The molecule has 1 aromatic rings. The van der Waals surface area contributed by atoms with Gasteiger partial charge in [0.1, 0.15) is 5.78 Å². The van der Waals surface area contributed by atoms with Gasteiger partial charge in [-0.15, -0.1) is 0 Å². The molecule has 1 heterocycles. The molecule has 0 amide bonds. The molecule has 3 nitrogen and oxygen atoms in total. The molecule has 1 aliphatic heterocycles. The van der Waals surface area contributed by atoms with Crippen molar-refractivity contribution >= 4 is 5.78 Å². The second-order valence-electron chi connectivity index (χ2n) is 5.24. The summed E-state index contributed by atoms with van der Waals surface area (Å²) in [5.74, 6) is 0.263. The first-order valence-corrected chi connectivity index (χ1v) is 6.65. The number of Topliss-reactive ketones (excluding diaryl/α,β-unsaturated/α-hetero) is 1. The van der Waals surface area contributed by atoms with E-state index < -0.39 is 0 Å². The van der Waals surface area contributed by atoms with Crippen LogP contribution >= 0.6 is 0 Å². The number of hydrogen-bond donors (Lipinski definition) is 0. The second kappa shape index (κ2) is 6.12. The van der Waals surface area contributed by atoms with Crippen LogP contribution in [0, 0.1) is 0 Å². The summed E-state index contributed by atoms with van der Waals surface area (Å²) in [5.41, 5.74) is 1.37. The third-order valence-electron chi connectivity index (χ3n) is 3.52. The highest BCUT2D eigenvalue weighted by molar-refractivity contribution is 5.77. The molecule has 1 atom stereocenters. The monoisotopic (exact) mass is 246 g/mol. The Labute approximate surface area is 109 Å². The minimum absolute atomic E-state index is 0.263. The number of benzene rings is 1. The predicted molar refractivity (Wildman–Crippen MR) is 73.4 cm³/mol. The van der Waals surface area contributed by atoms with E-state index in [1.54, 1.807) is 6.92 Å². The molecule has 0 radical (unpaired) electrons. The number of ketones is 1. The SMILES string of the molecule is CC(=O)CN1CCN(Cc2ccccc2)C(C)C1. The van der Waals surface area contributed by atoms with Crippen molar-refractivity contribution < 1.29 is 4.79 Å². The van der Waals surface area contributed by atoms with Crippen LogP contribution in [0.5, 0.6) is 0 Å². The number of nitrogens with zero attached hydrogens (tertiary/aromatic N) is 2. The fourth-order valence-electron chi connectivity index (χ4n) is 2.58. The van der Waals surface area contributed by atoms with Crippen molar-refractivity contribution in [1.29, 1.82) is 0 Å². The zero-order valence-corrected chi connectivity index (χ0v) is 11.3. The van der Waals surface area contributed by atoms with Crippen LogP contribution in [0.1, 0.15) is 19.4 Å². The molecule has 18 heavy (non-hydrogen) atoms. The molecule has 0 N–H and O–H groups in total. The lowest BCUT2D eigenvalue weighted by Gasteiger charge is -2.39. The molecule has 3 heteroatoms. The number of piperazine rings is 1. The van der Waals surface area contributed by atoms with Gasteiger partial charge in [-0.25, -0.2) is 0 Å². The largest absolute Gasteiger partial charge is 0.299 e. The van der Waals surface area contributed by atoms with Gasteiger partial charge in [0, 0.05) is 32.2 Å². The van der Waals surface area contributed by atoms with Gasteiger partial charge >= 0.3 is 0 Å². The van der Waals surface area contributed by atoms with E-state index in [0.717, 1.165) is 26.2 Å². The van der Waals surface area contributed by atoms with Crippen molar-refractivity contribution in [2.75, 3.05) is 26.2 Å². The third kappa shape index (κ3) is 3.65. The van der Waals surface area contributed by atoms with E-state index in [4.69, 9.17) is 0 Å². The summed E-state index contributed by atoms with van der Waals surface area (Å²) in [7, 11) is 0. The van der Waals surface area contributed by atoms with E-state index in [-0.39, 0.29) is 5.78 Å². The van der Waals surface area contributed by atoms with Crippen LogP contribution in [0.25, 0.3) is 0 Å². The Hall–Kier alpha value is -1.19. The zero-order valence-electron chi connectivity index (χ0n) is 11.3. The van der Waals surface area contributed by atoms with Gasteiger partial charge in [0.2, 0.25) is 0 Å². The Balaban J connectivity index is 1.88. The van der Waals surface area contributed by atoms with E-state index in [9.17, 15) is 4.79 Å². The van der Waals surface area contributed by atoms with Crippen LogP contribution in [0.3, 0.4) is 0 Å². The Bertz CT molecular complexity index is 391. The zero-order chi connectivity index (χ0) is 13.0. The smallest absolute Gasteiger partial charge is 0.143 e. The van der Waals surface area contributed by atoms with Gasteiger partial charge in [-0.1, -0.05) is 30.3 Å². The standard InChI is InChI=1S/C15H22N2O/c1-13-10-16(11-14(2)18)8-9-17(13)12-15-6-4-3-5-7-15/h3-7,13H,8-12H2,1-2H3. The van der Waals surface area contributed by atoms with E-state index in [1.165, 1.54) is 5.56 Å². The quantitative estimate of drug-likeness (QED) is 0.809. The Kier molecular flexibility index (Phi) is 4.50. The third-order valence-corrected chi connectivity index (χ3v) is 3.52. The van der Waals surface area contributed by atoms with E-state index in [2.05, 4.69) is 47.1 Å². The number of carbonyl (C=O) groups excluding carboxylic acids is 1. The molecule has 1 aromatic carbocycles. The van der Waals surface area contributed by atoms with Gasteiger partial charge in [0.15, 0.2) is 0 Å². The van der Waals surface area contributed by atoms with Gasteiger partial charge in [0.05, 0.1) is 6.54 Å². The molecule has 1 unspecified atom stereocenters. The van der Waals surface area contributed by atoms with Crippen LogP contribution in [-0.4, -0.2) is 47.8 Å². The highest BCUT2D eigenvalue weighted by Crippen LogP contribution is 2.13. The molecule has 0 spiro atoms. The topological polar surface area (TPSA) is 23.6 Å². The van der Waals surface area contributed by atoms with Gasteiger partial charge in [-0.05, 0) is 19.4 Å². The van der Waals surface area contributed by atoms with Crippen LogP contribution in [0.4, 0.5) is 0 Å². The first-order chi connectivity index (χ1) is 8.65. The normalized spacial score (nSPS) is 22.0. The summed E-state index contributed by atoms with van der Waals surface area (Å²) in [5, 5.41) is 0. The first kappa shape index (κ1) is 13.2. The minimum Gasteiger partial charge on any atom is -0.299 e. The maximum absolute atomic E-state index is 11.1. The van der Waals surface area contributed by atoms with Crippen molar-refractivity contribution in [1.82, 2.24) is 9.80 Å². The summed E-state index contributed by atoms with van der Waals surface area (Å²) >= 11 is 0. The molecule has 0 aliphatic carbocycles. The highest BCUT2D eigenvalue weighted by Gasteiger charge is 2.23. The minimum atomic E-state index is 0.263. The maximum Gasteiger partial charge on any atom is 0.143 e. The maximum atomic E-state index is 11.1. The molecule has 1 fully saturated rings. The van der Waals surface area contributed by atoms with Gasteiger partial charge in [-0.3, -0.25) is 14.6 Å². The second-order valence-corrected chi connectivity index (χ2v) is 5.24. The number of carbonyl (C=O) groups is 1. The van der Waals surface area contributed by atoms with Crippen molar-refractivity contribution in [2.24, 2.45) is 0 Å². The summed E-state index contributed by atoms with van der Waals surface area (Å²) in [6.07, 6.45) is 0. The van der Waals surface area contributed by atoms with Crippen LogP contribution < -0.4 is 0 Å². The summed E-state index contributed by atoms with van der Waals surface area (Å²) in [6, 6.07) is 11.1. The molecule has 0 bridgehead atoms. The Morgan fingerprint density at radius 3 is 2.61 bits per heavy atom. The molecule has 1 saturated heterocycles. The van der Waals surface area contributed by atoms with E-state index in [0.29, 0.717) is 12.6 Å². The molecule has 0 aromatic heterocycles. The number of hydrogen-bond acceptors (Lipinski definition) is 3. The lowest BCUT2D eigenvalue weighted by molar-refractivity contribution is -0.118.